The molecule has 0 amide bonds. The van der Waals surface area contributed by atoms with Crippen molar-refractivity contribution in [2.75, 3.05) is 0 Å². The molecule has 2 nitrogen and oxygen atoms in total. The van der Waals surface area contributed by atoms with E-state index in [1.165, 1.54) is 19.1 Å². The summed E-state index contributed by atoms with van der Waals surface area (Å²) in [4.78, 5) is 0. The van der Waals surface area contributed by atoms with E-state index < -0.39 is 18.0 Å². The smallest absolute Gasteiger partial charge is 0.148 e. The van der Waals surface area contributed by atoms with Gasteiger partial charge < -0.3 is 10.8 Å². The highest BCUT2D eigenvalue weighted by molar-refractivity contribution is 6.33. The van der Waals surface area contributed by atoms with Gasteiger partial charge in [0, 0.05) is 10.6 Å². The molecule has 86 valence electrons. The maximum atomic E-state index is 13.5. The number of halogens is 4. The number of nitrogens with two attached hydrogens (primary N) is 1. The second-order valence-corrected chi connectivity index (χ2v) is 3.84. The zero-order valence-corrected chi connectivity index (χ0v) is 10.2. The number of aliphatic hydroxyl groups is 1. The van der Waals surface area contributed by atoms with Crippen molar-refractivity contribution in [3.05, 3.63) is 33.6 Å². The van der Waals surface area contributed by atoms with Gasteiger partial charge in [0.25, 0.3) is 0 Å². The van der Waals surface area contributed by atoms with Crippen LogP contribution in [0, 0.1) is 5.82 Å². The van der Waals surface area contributed by atoms with Gasteiger partial charge in [-0.05, 0) is 19.1 Å². The summed E-state index contributed by atoms with van der Waals surface area (Å²) >= 11 is 11.3. The van der Waals surface area contributed by atoms with E-state index in [2.05, 4.69) is 0 Å². The second-order valence-electron chi connectivity index (χ2n) is 3.02. The van der Waals surface area contributed by atoms with Crippen LogP contribution in [0.1, 0.15) is 18.5 Å². The maximum absolute atomic E-state index is 13.5. The number of hydrogen-bond donors (Lipinski definition) is 2. The van der Waals surface area contributed by atoms with Gasteiger partial charge in [0.1, 0.15) is 5.82 Å². The van der Waals surface area contributed by atoms with Crippen LogP contribution in [0.4, 0.5) is 4.39 Å². The molecule has 0 fully saturated rings. The first-order chi connectivity index (χ1) is 6.45. The van der Waals surface area contributed by atoms with Crippen molar-refractivity contribution in [2.45, 2.75) is 19.1 Å². The van der Waals surface area contributed by atoms with Crippen LogP contribution in [0.25, 0.3) is 0 Å². The molecular weight excluding hydrogens is 263 g/mol. The molecule has 2 atom stereocenters. The minimum absolute atomic E-state index is 0. The van der Waals surface area contributed by atoms with Crippen LogP contribution in [-0.2, 0) is 0 Å². The maximum Gasteiger partial charge on any atom is 0.148 e. The molecule has 1 aromatic carbocycles. The van der Waals surface area contributed by atoms with E-state index in [1.807, 2.05) is 0 Å². The van der Waals surface area contributed by atoms with Crippen LogP contribution >= 0.6 is 35.6 Å². The lowest BCUT2D eigenvalue weighted by molar-refractivity contribution is 0.162. The van der Waals surface area contributed by atoms with Crippen LogP contribution in [-0.4, -0.2) is 11.2 Å². The number of benzene rings is 1. The van der Waals surface area contributed by atoms with E-state index in [-0.39, 0.29) is 28.0 Å². The molecule has 0 saturated carbocycles. The van der Waals surface area contributed by atoms with Gasteiger partial charge in [0.05, 0.1) is 17.2 Å². The van der Waals surface area contributed by atoms with Gasteiger partial charge >= 0.3 is 0 Å². The molecule has 0 spiro atoms. The molecule has 0 bridgehead atoms. The standard InChI is InChI=1S/C9H10Cl2FNO.ClH/c1-4(14)9(13)7-5(10)2-3-6(11)8(7)12;/h2-4,9,14H,13H2,1H3;1H/t4-,9-;/m0./s1. The third kappa shape index (κ3) is 3.20. The van der Waals surface area contributed by atoms with Gasteiger partial charge in [-0.2, -0.15) is 0 Å². The normalized spacial score (nSPS) is 14.3. The van der Waals surface area contributed by atoms with Crippen LogP contribution < -0.4 is 5.73 Å². The molecule has 0 saturated heterocycles. The molecule has 0 heterocycles. The average molecular weight is 275 g/mol. The first-order valence-electron chi connectivity index (χ1n) is 4.02. The molecule has 0 aliphatic heterocycles. The SMILES string of the molecule is C[C@H](O)[C@H](N)c1c(Cl)ccc(Cl)c1F.Cl. The molecule has 0 aromatic heterocycles. The molecule has 6 heteroatoms. The van der Waals surface area contributed by atoms with E-state index in [1.54, 1.807) is 0 Å². The highest BCUT2D eigenvalue weighted by Crippen LogP contribution is 2.30. The van der Waals surface area contributed by atoms with Crippen molar-refractivity contribution in [3.8, 4) is 0 Å². The summed E-state index contributed by atoms with van der Waals surface area (Å²) in [5.41, 5.74) is 5.63. The van der Waals surface area contributed by atoms with Gasteiger partial charge in [-0.1, -0.05) is 23.2 Å². The summed E-state index contributed by atoms with van der Waals surface area (Å²) in [5, 5.41) is 9.33. The quantitative estimate of drug-likeness (QED) is 0.815. The lowest BCUT2D eigenvalue weighted by atomic mass is 10.0. The topological polar surface area (TPSA) is 46.2 Å². The number of rotatable bonds is 2. The Morgan fingerprint density at radius 3 is 2.27 bits per heavy atom. The minimum atomic E-state index is -0.888. The lowest BCUT2D eigenvalue weighted by Crippen LogP contribution is -2.24. The van der Waals surface area contributed by atoms with Crippen LogP contribution in [0.3, 0.4) is 0 Å². The largest absolute Gasteiger partial charge is 0.391 e. The van der Waals surface area contributed by atoms with Gasteiger partial charge in [-0.3, -0.25) is 0 Å². The molecule has 0 aliphatic carbocycles. The predicted molar refractivity (Wildman–Crippen MR) is 62.3 cm³/mol. The summed E-state index contributed by atoms with van der Waals surface area (Å²) in [6.45, 7) is 1.46. The Morgan fingerprint density at radius 2 is 1.80 bits per heavy atom. The van der Waals surface area contributed by atoms with E-state index in [0.717, 1.165) is 0 Å². The van der Waals surface area contributed by atoms with E-state index >= 15 is 0 Å². The zero-order chi connectivity index (χ0) is 10.9. The molecule has 3 N–H and O–H groups in total. The Bertz CT molecular complexity index is 346. The van der Waals surface area contributed by atoms with Crippen LogP contribution in [0.15, 0.2) is 12.1 Å². The third-order valence-corrected chi connectivity index (χ3v) is 2.55. The monoisotopic (exact) mass is 273 g/mol. The Balaban J connectivity index is 0.00000196. The minimum Gasteiger partial charge on any atom is -0.391 e. The van der Waals surface area contributed by atoms with E-state index in [4.69, 9.17) is 28.9 Å². The van der Waals surface area contributed by atoms with Gasteiger partial charge in [0.2, 0.25) is 0 Å². The van der Waals surface area contributed by atoms with Crippen molar-refractivity contribution >= 4 is 35.6 Å². The first-order valence-corrected chi connectivity index (χ1v) is 4.77. The average Bonchev–Trinajstić information content (AvgIpc) is 2.12. The third-order valence-electron chi connectivity index (χ3n) is 1.93. The van der Waals surface area contributed by atoms with Crippen molar-refractivity contribution in [1.29, 1.82) is 0 Å². The van der Waals surface area contributed by atoms with E-state index in [0.29, 0.717) is 0 Å². The summed E-state index contributed by atoms with van der Waals surface area (Å²) in [7, 11) is 0. The fraction of sp³-hybridized carbons (Fsp3) is 0.333. The fourth-order valence-electron chi connectivity index (χ4n) is 1.09. The summed E-state index contributed by atoms with van der Waals surface area (Å²) in [5.74, 6) is -0.674. The Morgan fingerprint density at radius 1 is 1.33 bits per heavy atom. The molecular formula is C9H11Cl3FNO. The number of aliphatic hydroxyl groups excluding tert-OH is 1. The van der Waals surface area contributed by atoms with Crippen molar-refractivity contribution < 1.29 is 9.50 Å². The first kappa shape index (κ1) is 14.9. The van der Waals surface area contributed by atoms with Gasteiger partial charge in [-0.15, -0.1) is 12.4 Å². The van der Waals surface area contributed by atoms with Crippen molar-refractivity contribution in [1.82, 2.24) is 0 Å². The lowest BCUT2D eigenvalue weighted by Gasteiger charge is -2.17. The summed E-state index contributed by atoms with van der Waals surface area (Å²) in [6, 6.07) is 1.92. The van der Waals surface area contributed by atoms with Crippen molar-refractivity contribution in [3.63, 3.8) is 0 Å². The molecule has 0 aliphatic rings. The van der Waals surface area contributed by atoms with Crippen LogP contribution in [0.5, 0.6) is 0 Å². The van der Waals surface area contributed by atoms with Crippen molar-refractivity contribution in [2.24, 2.45) is 5.73 Å². The van der Waals surface area contributed by atoms with E-state index in [9.17, 15) is 9.50 Å². The summed E-state index contributed by atoms with van der Waals surface area (Å²) in [6.07, 6.45) is -0.888. The summed E-state index contributed by atoms with van der Waals surface area (Å²) < 4.78 is 13.5. The Labute approximate surface area is 104 Å². The van der Waals surface area contributed by atoms with Gasteiger partial charge in [-0.25, -0.2) is 4.39 Å². The highest BCUT2D eigenvalue weighted by Gasteiger charge is 2.21. The molecule has 0 unspecified atom stereocenters. The fourth-order valence-corrected chi connectivity index (χ4v) is 1.53. The number of hydrogen-bond acceptors (Lipinski definition) is 2. The molecule has 15 heavy (non-hydrogen) atoms. The molecule has 1 rings (SSSR count). The Hall–Kier alpha value is -0.0600. The Kier molecular flexibility index (Phi) is 5.85. The second kappa shape index (κ2) is 5.87. The van der Waals surface area contributed by atoms with Crippen LogP contribution in [0.2, 0.25) is 10.0 Å². The molecule has 0 radical (unpaired) electrons. The zero-order valence-electron chi connectivity index (χ0n) is 7.88. The molecule has 1 aromatic rings. The van der Waals surface area contributed by atoms with Gasteiger partial charge in [0.15, 0.2) is 0 Å². The predicted octanol–water partition coefficient (Wildman–Crippen LogP) is 2.93. The highest BCUT2D eigenvalue weighted by atomic mass is 35.5.